The summed E-state index contributed by atoms with van der Waals surface area (Å²) in [5, 5.41) is 4.06. The molecule has 3 rings (SSSR count). The van der Waals surface area contributed by atoms with Crippen LogP contribution in [0.4, 0.5) is 5.69 Å². The van der Waals surface area contributed by atoms with Gasteiger partial charge in [0, 0.05) is 22.3 Å². The Morgan fingerprint density at radius 3 is 2.32 bits per heavy atom. The lowest BCUT2D eigenvalue weighted by Crippen LogP contribution is -2.41. The molecule has 0 aliphatic rings. The van der Waals surface area contributed by atoms with Crippen molar-refractivity contribution in [1.82, 2.24) is 5.32 Å². The smallest absolute Gasteiger partial charge is 0.264 e. The van der Waals surface area contributed by atoms with Crippen LogP contribution in [-0.2, 0) is 20.6 Å². The summed E-state index contributed by atoms with van der Waals surface area (Å²) in [4.78, 5) is 12.8. The van der Waals surface area contributed by atoms with Gasteiger partial charge in [0.05, 0.1) is 10.6 Å². The zero-order valence-corrected chi connectivity index (χ0v) is 21.9. The molecule has 0 radical (unpaired) electrons. The highest BCUT2D eigenvalue weighted by Gasteiger charge is 2.27. The topological polar surface area (TPSA) is 66.5 Å². The summed E-state index contributed by atoms with van der Waals surface area (Å²) in [6.07, 6.45) is 0.756. The second kappa shape index (κ2) is 12.5. The van der Waals surface area contributed by atoms with E-state index in [0.717, 1.165) is 38.4 Å². The lowest BCUT2D eigenvalue weighted by Gasteiger charge is -2.24. The quantitative estimate of drug-likeness (QED) is 0.308. The highest BCUT2D eigenvalue weighted by Crippen LogP contribution is 2.25. The van der Waals surface area contributed by atoms with Gasteiger partial charge in [-0.3, -0.25) is 9.10 Å². The van der Waals surface area contributed by atoms with E-state index in [1.165, 1.54) is 0 Å². The van der Waals surface area contributed by atoms with Gasteiger partial charge in [0.2, 0.25) is 5.91 Å². The van der Waals surface area contributed by atoms with E-state index in [0.29, 0.717) is 17.3 Å². The fraction of sp³-hybridized carbons (Fsp3) is 0.240. The maximum atomic E-state index is 13.3. The third-order valence-electron chi connectivity index (χ3n) is 5.01. The van der Waals surface area contributed by atoms with Gasteiger partial charge in [0.25, 0.3) is 10.0 Å². The molecule has 0 aliphatic carbocycles. The molecule has 0 heterocycles. The first-order chi connectivity index (χ1) is 16.3. The van der Waals surface area contributed by atoms with E-state index in [2.05, 4.69) is 5.32 Å². The van der Waals surface area contributed by atoms with E-state index in [1.54, 1.807) is 60.3 Å². The number of hydrogen-bond acceptors (Lipinski definition) is 4. The van der Waals surface area contributed by atoms with Crippen LogP contribution in [0.2, 0.25) is 10.0 Å². The van der Waals surface area contributed by atoms with Crippen LogP contribution in [0.15, 0.2) is 77.7 Å². The first kappa shape index (κ1) is 26.4. The zero-order valence-electron chi connectivity index (χ0n) is 18.7. The van der Waals surface area contributed by atoms with Gasteiger partial charge in [-0.25, -0.2) is 8.42 Å². The van der Waals surface area contributed by atoms with Gasteiger partial charge in [0.1, 0.15) is 6.54 Å². The molecule has 3 aromatic carbocycles. The monoisotopic (exact) mass is 536 g/mol. The lowest BCUT2D eigenvalue weighted by atomic mass is 10.2. The van der Waals surface area contributed by atoms with Crippen LogP contribution in [0.25, 0.3) is 0 Å². The molecule has 0 saturated heterocycles. The van der Waals surface area contributed by atoms with Crippen LogP contribution >= 0.6 is 35.0 Å². The first-order valence-electron chi connectivity index (χ1n) is 10.7. The molecule has 0 bridgehead atoms. The molecule has 0 aromatic heterocycles. The average molecular weight is 538 g/mol. The molecule has 0 spiro atoms. The number of thioether (sulfide) groups is 1. The van der Waals surface area contributed by atoms with E-state index < -0.39 is 10.0 Å². The van der Waals surface area contributed by atoms with Crippen LogP contribution in [0.3, 0.4) is 0 Å². The molecule has 0 unspecified atom stereocenters. The number of nitrogens with zero attached hydrogens (tertiary/aromatic N) is 1. The fourth-order valence-corrected chi connectivity index (χ4v) is 5.94. The van der Waals surface area contributed by atoms with Gasteiger partial charge in [-0.05, 0) is 67.1 Å². The Hall–Kier alpha value is -2.19. The maximum absolute atomic E-state index is 13.3. The summed E-state index contributed by atoms with van der Waals surface area (Å²) < 4.78 is 27.8. The van der Waals surface area contributed by atoms with Crippen LogP contribution < -0.4 is 9.62 Å². The molecule has 0 saturated carbocycles. The summed E-state index contributed by atoms with van der Waals surface area (Å²) in [6.45, 7) is 2.01. The number of amides is 1. The van der Waals surface area contributed by atoms with Crippen molar-refractivity contribution in [3.63, 3.8) is 0 Å². The number of hydrogen-bond donors (Lipinski definition) is 1. The number of carbonyl (C=O) groups excluding carboxylic acids is 1. The number of rotatable bonds is 11. The van der Waals surface area contributed by atoms with Crippen molar-refractivity contribution in [2.45, 2.75) is 24.0 Å². The number of aryl methyl sites for hydroxylation is 1. The average Bonchev–Trinajstić information content (AvgIpc) is 2.82. The van der Waals surface area contributed by atoms with Gasteiger partial charge in [0.15, 0.2) is 0 Å². The standard InChI is InChI=1S/C25H26Cl2N2O3S2/c1-19-7-13-23(14-8-19)34(31,32)29(22-11-9-21(26)10-12-22)17-25(30)28-15-4-16-33-18-20-5-2-3-6-24(20)27/h2-3,5-14H,4,15-18H2,1H3,(H,28,30). The molecule has 0 aliphatic heterocycles. The number of benzene rings is 3. The van der Waals surface area contributed by atoms with Crippen molar-refractivity contribution in [2.75, 3.05) is 23.1 Å². The van der Waals surface area contributed by atoms with Crippen LogP contribution in [-0.4, -0.2) is 33.2 Å². The van der Waals surface area contributed by atoms with Crippen molar-refractivity contribution >= 4 is 56.6 Å². The SMILES string of the molecule is Cc1ccc(S(=O)(=O)N(CC(=O)NCCCSCc2ccccc2Cl)c2ccc(Cl)cc2)cc1. The predicted molar refractivity (Wildman–Crippen MR) is 142 cm³/mol. The molecule has 1 amide bonds. The largest absolute Gasteiger partial charge is 0.354 e. The molecule has 180 valence electrons. The van der Waals surface area contributed by atoms with Gasteiger partial charge in [-0.15, -0.1) is 0 Å². The Morgan fingerprint density at radius 2 is 1.65 bits per heavy atom. The molecule has 3 aromatic rings. The zero-order chi connectivity index (χ0) is 24.6. The minimum absolute atomic E-state index is 0.122. The molecule has 1 N–H and O–H groups in total. The Morgan fingerprint density at radius 1 is 0.971 bits per heavy atom. The Bertz CT molecular complexity index is 1200. The van der Waals surface area contributed by atoms with Crippen molar-refractivity contribution in [3.05, 3.63) is 94.0 Å². The maximum Gasteiger partial charge on any atom is 0.264 e. The van der Waals surface area contributed by atoms with Gasteiger partial charge in [-0.1, -0.05) is 59.1 Å². The molecule has 34 heavy (non-hydrogen) atoms. The van der Waals surface area contributed by atoms with Gasteiger partial charge >= 0.3 is 0 Å². The predicted octanol–water partition coefficient (Wildman–Crippen LogP) is 5.94. The van der Waals surface area contributed by atoms with E-state index in [4.69, 9.17) is 23.2 Å². The highest BCUT2D eigenvalue weighted by molar-refractivity contribution is 7.98. The number of sulfonamides is 1. The summed E-state index contributed by atoms with van der Waals surface area (Å²) in [5.41, 5.74) is 2.40. The summed E-state index contributed by atoms with van der Waals surface area (Å²) in [5.74, 6) is 1.27. The summed E-state index contributed by atoms with van der Waals surface area (Å²) in [6, 6.07) is 20.7. The fourth-order valence-electron chi connectivity index (χ4n) is 3.15. The molecular weight excluding hydrogens is 511 g/mol. The molecule has 9 heteroatoms. The Balaban J connectivity index is 1.59. The highest BCUT2D eigenvalue weighted by atomic mass is 35.5. The second-order valence-electron chi connectivity index (χ2n) is 7.65. The Kier molecular flexibility index (Phi) is 9.71. The van der Waals surface area contributed by atoms with Crippen LogP contribution in [0.5, 0.6) is 0 Å². The minimum atomic E-state index is -3.94. The summed E-state index contributed by atoms with van der Waals surface area (Å²) in [7, 11) is -3.94. The molecule has 5 nitrogen and oxygen atoms in total. The third kappa shape index (κ3) is 7.40. The van der Waals surface area contributed by atoms with Crippen molar-refractivity contribution < 1.29 is 13.2 Å². The van der Waals surface area contributed by atoms with Gasteiger partial charge in [-0.2, -0.15) is 11.8 Å². The number of anilines is 1. The lowest BCUT2D eigenvalue weighted by molar-refractivity contribution is -0.119. The van der Waals surface area contributed by atoms with E-state index in [9.17, 15) is 13.2 Å². The van der Waals surface area contributed by atoms with E-state index in [1.807, 2.05) is 31.2 Å². The van der Waals surface area contributed by atoms with Crippen LogP contribution in [0, 0.1) is 6.92 Å². The van der Waals surface area contributed by atoms with Crippen LogP contribution in [0.1, 0.15) is 17.5 Å². The third-order valence-corrected chi connectivity index (χ3v) is 8.52. The minimum Gasteiger partial charge on any atom is -0.354 e. The molecule has 0 atom stereocenters. The normalized spacial score (nSPS) is 11.3. The Labute approximate surface area is 215 Å². The van der Waals surface area contributed by atoms with E-state index >= 15 is 0 Å². The van der Waals surface area contributed by atoms with E-state index in [-0.39, 0.29) is 17.3 Å². The summed E-state index contributed by atoms with van der Waals surface area (Å²) >= 11 is 13.9. The van der Waals surface area contributed by atoms with Crippen molar-refractivity contribution in [3.8, 4) is 0 Å². The first-order valence-corrected chi connectivity index (χ1v) is 14.1. The number of nitrogens with one attached hydrogen (secondary N) is 1. The van der Waals surface area contributed by atoms with Crippen molar-refractivity contribution in [2.24, 2.45) is 0 Å². The number of carbonyl (C=O) groups is 1. The second-order valence-corrected chi connectivity index (χ2v) is 11.5. The number of halogens is 2. The van der Waals surface area contributed by atoms with Crippen molar-refractivity contribution in [1.29, 1.82) is 0 Å². The molecule has 0 fully saturated rings. The van der Waals surface area contributed by atoms with Gasteiger partial charge < -0.3 is 5.32 Å². The molecular formula is C25H26Cl2N2O3S2.